The van der Waals surface area contributed by atoms with Crippen LogP contribution < -0.4 is 5.73 Å². The molecule has 2 atom stereocenters. The summed E-state index contributed by atoms with van der Waals surface area (Å²) in [7, 11) is 0. The molecule has 0 bridgehead atoms. The fourth-order valence-corrected chi connectivity index (χ4v) is 0.439. The van der Waals surface area contributed by atoms with Gasteiger partial charge in [-0.15, -0.1) is 0 Å². The molecule has 0 aliphatic rings. The quantitative estimate of drug-likeness (QED) is 0.554. The van der Waals surface area contributed by atoms with Crippen LogP contribution in [0.5, 0.6) is 0 Å². The fourth-order valence-electron chi connectivity index (χ4n) is 0.439. The second-order valence-corrected chi connectivity index (χ2v) is 2.35. The first-order chi connectivity index (χ1) is 4.09. The first-order valence-electron chi connectivity index (χ1n) is 2.99. The van der Waals surface area contributed by atoms with Crippen molar-refractivity contribution in [3.8, 4) is 0 Å². The highest BCUT2D eigenvalue weighted by Gasteiger charge is 2.15. The van der Waals surface area contributed by atoms with Gasteiger partial charge in [-0.25, -0.2) is 0 Å². The Kier molecular flexibility index (Phi) is 3.24. The van der Waals surface area contributed by atoms with Crippen molar-refractivity contribution in [1.29, 1.82) is 0 Å². The van der Waals surface area contributed by atoms with E-state index in [0.717, 1.165) is 0 Å². The minimum Gasteiger partial charge on any atom is -0.396 e. The van der Waals surface area contributed by atoms with E-state index < -0.39 is 0 Å². The van der Waals surface area contributed by atoms with Gasteiger partial charge in [-0.3, -0.25) is 4.79 Å². The monoisotopic (exact) mass is 131 g/mol. The minimum absolute atomic E-state index is 0.0180. The number of carbonyl (C=O) groups is 1. The predicted octanol–water partition coefficient (Wildman–Crippen LogP) is -0.264. The van der Waals surface area contributed by atoms with Crippen LogP contribution in [-0.2, 0) is 4.79 Å². The normalized spacial score (nSPS) is 16.8. The van der Waals surface area contributed by atoms with E-state index in [1.165, 1.54) is 0 Å². The molecule has 0 aliphatic carbocycles. The number of primary amides is 1. The van der Waals surface area contributed by atoms with Crippen LogP contribution in [0.3, 0.4) is 0 Å². The molecule has 3 N–H and O–H groups in total. The zero-order valence-corrected chi connectivity index (χ0v) is 5.79. The van der Waals surface area contributed by atoms with Gasteiger partial charge < -0.3 is 10.8 Å². The summed E-state index contributed by atoms with van der Waals surface area (Å²) in [5, 5.41) is 8.55. The molecule has 0 aromatic carbocycles. The van der Waals surface area contributed by atoms with Gasteiger partial charge in [-0.2, -0.15) is 0 Å². The Morgan fingerprint density at radius 3 is 2.22 bits per heavy atom. The molecular weight excluding hydrogens is 118 g/mol. The lowest BCUT2D eigenvalue weighted by molar-refractivity contribution is -0.123. The van der Waals surface area contributed by atoms with E-state index in [2.05, 4.69) is 0 Å². The maximum Gasteiger partial charge on any atom is 0.220 e. The molecule has 3 nitrogen and oxygen atoms in total. The lowest BCUT2D eigenvalue weighted by Gasteiger charge is -2.12. The summed E-state index contributed by atoms with van der Waals surface area (Å²) in [5.74, 6) is -0.603. The summed E-state index contributed by atoms with van der Waals surface area (Å²) < 4.78 is 0. The number of nitrogens with two attached hydrogens (primary N) is 1. The van der Waals surface area contributed by atoms with E-state index in [-0.39, 0.29) is 24.3 Å². The number of carbonyl (C=O) groups excluding carboxylic acids is 1. The molecule has 0 fully saturated rings. The third kappa shape index (κ3) is 2.46. The van der Waals surface area contributed by atoms with Gasteiger partial charge >= 0.3 is 0 Å². The molecule has 3 heteroatoms. The first kappa shape index (κ1) is 8.43. The molecule has 0 rings (SSSR count). The van der Waals surface area contributed by atoms with Crippen LogP contribution in [0.25, 0.3) is 0 Å². The van der Waals surface area contributed by atoms with Crippen molar-refractivity contribution in [3.63, 3.8) is 0 Å². The largest absolute Gasteiger partial charge is 0.396 e. The Bertz CT molecular complexity index is 103. The van der Waals surface area contributed by atoms with Crippen molar-refractivity contribution in [2.45, 2.75) is 13.8 Å². The summed E-state index contributed by atoms with van der Waals surface area (Å²) in [6.07, 6.45) is 0. The summed E-state index contributed by atoms with van der Waals surface area (Å²) in [4.78, 5) is 10.4. The highest BCUT2D eigenvalue weighted by molar-refractivity contribution is 5.76. The molecule has 0 spiro atoms. The number of hydrogen-bond donors (Lipinski definition) is 2. The number of aliphatic hydroxyl groups excluding tert-OH is 1. The molecule has 54 valence electrons. The molecule has 0 radical (unpaired) electrons. The highest BCUT2D eigenvalue weighted by atomic mass is 16.3. The van der Waals surface area contributed by atoms with Crippen molar-refractivity contribution in [1.82, 2.24) is 0 Å². The molecule has 0 aliphatic heterocycles. The van der Waals surface area contributed by atoms with Gasteiger partial charge in [0.15, 0.2) is 0 Å². The van der Waals surface area contributed by atoms with Gasteiger partial charge in [0.05, 0.1) is 0 Å². The van der Waals surface area contributed by atoms with Gasteiger partial charge in [0.25, 0.3) is 0 Å². The van der Waals surface area contributed by atoms with E-state index in [9.17, 15) is 4.79 Å². The molecule has 1 unspecified atom stereocenters. The van der Waals surface area contributed by atoms with Crippen LogP contribution in [0.1, 0.15) is 13.8 Å². The van der Waals surface area contributed by atoms with E-state index in [0.29, 0.717) is 0 Å². The SMILES string of the molecule is CC(C(N)=O)[C@@H](C)CO. The van der Waals surface area contributed by atoms with Crippen molar-refractivity contribution < 1.29 is 9.90 Å². The third-order valence-electron chi connectivity index (χ3n) is 1.59. The zero-order valence-electron chi connectivity index (χ0n) is 5.79. The summed E-state index contributed by atoms with van der Waals surface area (Å²) in [5.41, 5.74) is 4.96. The molecule has 0 saturated heterocycles. The van der Waals surface area contributed by atoms with Crippen molar-refractivity contribution in [2.75, 3.05) is 6.61 Å². The number of hydrogen-bond acceptors (Lipinski definition) is 2. The van der Waals surface area contributed by atoms with Crippen molar-refractivity contribution in [2.24, 2.45) is 17.6 Å². The number of rotatable bonds is 3. The zero-order chi connectivity index (χ0) is 7.44. The van der Waals surface area contributed by atoms with Crippen LogP contribution >= 0.6 is 0 Å². The van der Waals surface area contributed by atoms with Gasteiger partial charge in [0.2, 0.25) is 5.91 Å². The summed E-state index contributed by atoms with van der Waals surface area (Å²) in [6, 6.07) is 0. The Morgan fingerprint density at radius 2 is 2.11 bits per heavy atom. The smallest absolute Gasteiger partial charge is 0.220 e. The lowest BCUT2D eigenvalue weighted by Crippen LogP contribution is -2.27. The van der Waals surface area contributed by atoms with Crippen LogP contribution in [0.2, 0.25) is 0 Å². The van der Waals surface area contributed by atoms with Gasteiger partial charge in [-0.1, -0.05) is 13.8 Å². The van der Waals surface area contributed by atoms with E-state index in [4.69, 9.17) is 10.8 Å². The standard InChI is InChI=1S/C6H13NO2/c1-4(3-8)5(2)6(7)9/h4-5,8H,3H2,1-2H3,(H2,7,9)/t4-,5?/m0/s1. The summed E-state index contributed by atoms with van der Waals surface area (Å²) in [6.45, 7) is 3.52. The molecule has 9 heavy (non-hydrogen) atoms. The molecule has 0 saturated carbocycles. The van der Waals surface area contributed by atoms with Gasteiger partial charge in [0.1, 0.15) is 0 Å². The van der Waals surface area contributed by atoms with Crippen LogP contribution in [0, 0.1) is 11.8 Å². The van der Waals surface area contributed by atoms with Crippen LogP contribution in [0.4, 0.5) is 0 Å². The average Bonchev–Trinajstić information content (AvgIpc) is 1.84. The van der Waals surface area contributed by atoms with E-state index in [1.54, 1.807) is 13.8 Å². The Hall–Kier alpha value is -0.570. The molecule has 0 aromatic heterocycles. The lowest BCUT2D eigenvalue weighted by atomic mass is 9.97. The Morgan fingerprint density at radius 1 is 1.67 bits per heavy atom. The minimum atomic E-state index is -0.350. The van der Waals surface area contributed by atoms with Crippen LogP contribution in [-0.4, -0.2) is 17.6 Å². The predicted molar refractivity (Wildman–Crippen MR) is 34.6 cm³/mol. The van der Waals surface area contributed by atoms with Gasteiger partial charge in [-0.05, 0) is 5.92 Å². The maximum absolute atomic E-state index is 10.4. The summed E-state index contributed by atoms with van der Waals surface area (Å²) >= 11 is 0. The molecule has 0 aromatic rings. The average molecular weight is 131 g/mol. The van der Waals surface area contributed by atoms with E-state index in [1.807, 2.05) is 0 Å². The van der Waals surface area contributed by atoms with E-state index >= 15 is 0 Å². The fraction of sp³-hybridized carbons (Fsp3) is 0.833. The molecule has 0 heterocycles. The third-order valence-corrected chi connectivity index (χ3v) is 1.59. The van der Waals surface area contributed by atoms with Gasteiger partial charge in [0, 0.05) is 12.5 Å². The molecular formula is C6H13NO2. The Labute approximate surface area is 54.9 Å². The number of amides is 1. The van der Waals surface area contributed by atoms with Crippen molar-refractivity contribution >= 4 is 5.91 Å². The number of aliphatic hydroxyl groups is 1. The highest BCUT2D eigenvalue weighted by Crippen LogP contribution is 2.07. The second-order valence-electron chi connectivity index (χ2n) is 2.35. The Balaban J connectivity index is 3.72. The molecule has 1 amide bonds. The topological polar surface area (TPSA) is 63.3 Å². The first-order valence-corrected chi connectivity index (χ1v) is 2.99. The van der Waals surface area contributed by atoms with Crippen LogP contribution in [0.15, 0.2) is 0 Å². The maximum atomic E-state index is 10.4. The second kappa shape index (κ2) is 3.45. The van der Waals surface area contributed by atoms with Crippen molar-refractivity contribution in [3.05, 3.63) is 0 Å².